The molecule has 0 spiro atoms. The molecule has 2 N–H and O–H groups in total. The Morgan fingerprint density at radius 2 is 2.32 bits per heavy atom. The van der Waals surface area contributed by atoms with Crippen LogP contribution in [0.1, 0.15) is 26.2 Å². The van der Waals surface area contributed by atoms with Gasteiger partial charge in [-0.2, -0.15) is 0 Å². The normalized spacial score (nSPS) is 21.9. The Morgan fingerprint density at radius 3 is 2.89 bits per heavy atom. The number of carbonyl (C=O) groups excluding carboxylic acids is 1. The van der Waals surface area contributed by atoms with E-state index in [0.717, 1.165) is 38.1 Å². The number of likely N-dealkylation sites (tertiary alicyclic amines) is 1. The molecule has 2 atom stereocenters. The highest BCUT2D eigenvalue weighted by molar-refractivity contribution is 5.75. The molecule has 1 fully saturated rings. The largest absolute Gasteiger partial charge is 0.493 e. The van der Waals surface area contributed by atoms with E-state index in [0.29, 0.717) is 13.2 Å². The molecule has 1 amide bonds. The molecule has 2 unspecified atom stereocenters. The molecule has 1 heterocycles. The fraction of sp³-hybridized carbons (Fsp3) is 0.786. The summed E-state index contributed by atoms with van der Waals surface area (Å²) < 4.78 is 11.0. The second-order valence-corrected chi connectivity index (χ2v) is 5.11. The maximum Gasteiger partial charge on any atom is 0.231 e. The molecule has 5 heteroatoms. The summed E-state index contributed by atoms with van der Waals surface area (Å²) >= 11 is 0. The predicted molar refractivity (Wildman–Crippen MR) is 74.5 cm³/mol. The number of primary amides is 1. The zero-order chi connectivity index (χ0) is 14.3. The van der Waals surface area contributed by atoms with Crippen LogP contribution < -0.4 is 5.73 Å². The summed E-state index contributed by atoms with van der Waals surface area (Å²) in [6.45, 7) is 8.72. The Hall–Kier alpha value is -1.07. The Labute approximate surface area is 115 Å². The second kappa shape index (κ2) is 8.17. The van der Waals surface area contributed by atoms with Crippen molar-refractivity contribution in [2.45, 2.75) is 32.3 Å². The van der Waals surface area contributed by atoms with Gasteiger partial charge in [0.05, 0.1) is 18.9 Å². The lowest BCUT2D eigenvalue weighted by molar-refractivity contribution is -0.119. The lowest BCUT2D eigenvalue weighted by Crippen LogP contribution is -2.41. The van der Waals surface area contributed by atoms with Gasteiger partial charge in [0.25, 0.3) is 0 Å². The highest BCUT2D eigenvalue weighted by Crippen LogP contribution is 2.24. The van der Waals surface area contributed by atoms with E-state index in [-0.39, 0.29) is 17.9 Å². The van der Waals surface area contributed by atoms with Gasteiger partial charge < -0.3 is 15.2 Å². The summed E-state index contributed by atoms with van der Waals surface area (Å²) in [6.07, 6.45) is 3.05. The summed E-state index contributed by atoms with van der Waals surface area (Å²) in [5, 5.41) is 0. The van der Waals surface area contributed by atoms with E-state index in [1.807, 2.05) is 0 Å². The van der Waals surface area contributed by atoms with Crippen LogP contribution in [0, 0.1) is 5.92 Å². The standard InChI is InChI=1S/C14H26N2O3/c1-4-13(10-18-3)19-11(2)12-6-5-7-16(8-12)9-14(15)17/h12-13H,2,4-10H2,1,3H3,(H2,15,17). The summed E-state index contributed by atoms with van der Waals surface area (Å²) in [5.41, 5.74) is 5.24. The molecular weight excluding hydrogens is 244 g/mol. The van der Waals surface area contributed by atoms with Gasteiger partial charge in [-0.15, -0.1) is 0 Å². The van der Waals surface area contributed by atoms with E-state index in [2.05, 4.69) is 18.4 Å². The minimum absolute atomic E-state index is 0.0593. The van der Waals surface area contributed by atoms with Gasteiger partial charge in [-0.3, -0.25) is 9.69 Å². The van der Waals surface area contributed by atoms with Gasteiger partial charge in [-0.25, -0.2) is 0 Å². The van der Waals surface area contributed by atoms with Crippen molar-refractivity contribution < 1.29 is 14.3 Å². The number of methoxy groups -OCH3 is 1. The van der Waals surface area contributed by atoms with E-state index >= 15 is 0 Å². The smallest absolute Gasteiger partial charge is 0.231 e. The van der Waals surface area contributed by atoms with Crippen LogP contribution in [-0.4, -0.2) is 50.3 Å². The number of hydrogen-bond donors (Lipinski definition) is 1. The Balaban J connectivity index is 2.44. The van der Waals surface area contributed by atoms with E-state index < -0.39 is 0 Å². The molecule has 1 aliphatic rings. The highest BCUT2D eigenvalue weighted by atomic mass is 16.5. The molecule has 1 rings (SSSR count). The topological polar surface area (TPSA) is 64.8 Å². The first kappa shape index (κ1) is 16.0. The minimum Gasteiger partial charge on any atom is -0.493 e. The van der Waals surface area contributed by atoms with Crippen molar-refractivity contribution in [1.82, 2.24) is 4.90 Å². The molecule has 5 nitrogen and oxygen atoms in total. The van der Waals surface area contributed by atoms with Gasteiger partial charge in [-0.1, -0.05) is 13.5 Å². The van der Waals surface area contributed by atoms with Crippen molar-refractivity contribution in [2.75, 3.05) is 33.4 Å². The zero-order valence-electron chi connectivity index (χ0n) is 12.1. The SMILES string of the molecule is C=C(OC(CC)COC)C1CCCN(CC(N)=O)C1. The van der Waals surface area contributed by atoms with Crippen LogP contribution in [0.2, 0.25) is 0 Å². The van der Waals surface area contributed by atoms with E-state index in [4.69, 9.17) is 15.2 Å². The van der Waals surface area contributed by atoms with E-state index in [1.165, 1.54) is 0 Å². The van der Waals surface area contributed by atoms with Crippen LogP contribution in [0.5, 0.6) is 0 Å². The fourth-order valence-corrected chi connectivity index (χ4v) is 2.41. The highest BCUT2D eigenvalue weighted by Gasteiger charge is 2.25. The molecule has 0 saturated carbocycles. The lowest BCUT2D eigenvalue weighted by atomic mass is 9.96. The molecule has 1 saturated heterocycles. The zero-order valence-corrected chi connectivity index (χ0v) is 12.1. The fourth-order valence-electron chi connectivity index (χ4n) is 2.41. The number of hydrogen-bond acceptors (Lipinski definition) is 4. The number of nitrogens with two attached hydrogens (primary N) is 1. The molecule has 0 aromatic heterocycles. The van der Waals surface area contributed by atoms with Crippen molar-refractivity contribution >= 4 is 5.91 Å². The first-order chi connectivity index (χ1) is 9.06. The van der Waals surface area contributed by atoms with Gasteiger partial charge in [0.2, 0.25) is 5.91 Å². The molecule has 0 aliphatic carbocycles. The van der Waals surface area contributed by atoms with Crippen molar-refractivity contribution in [3.63, 3.8) is 0 Å². The van der Waals surface area contributed by atoms with Crippen LogP contribution in [-0.2, 0) is 14.3 Å². The summed E-state index contributed by atoms with van der Waals surface area (Å²) in [4.78, 5) is 13.0. The van der Waals surface area contributed by atoms with Crippen LogP contribution in [0.25, 0.3) is 0 Å². The number of piperidine rings is 1. The number of amides is 1. The quantitative estimate of drug-likeness (QED) is 0.672. The Morgan fingerprint density at radius 1 is 1.58 bits per heavy atom. The van der Waals surface area contributed by atoms with Crippen molar-refractivity contribution in [3.05, 3.63) is 12.3 Å². The van der Waals surface area contributed by atoms with E-state index in [9.17, 15) is 4.79 Å². The molecule has 110 valence electrons. The maximum absolute atomic E-state index is 11.0. The maximum atomic E-state index is 11.0. The summed E-state index contributed by atoms with van der Waals surface area (Å²) in [6, 6.07) is 0. The van der Waals surface area contributed by atoms with Gasteiger partial charge in [0.1, 0.15) is 6.10 Å². The van der Waals surface area contributed by atoms with Gasteiger partial charge in [0, 0.05) is 19.6 Å². The molecule has 0 aromatic rings. The Kier molecular flexibility index (Phi) is 6.87. The number of carbonyl (C=O) groups is 1. The average molecular weight is 270 g/mol. The van der Waals surface area contributed by atoms with Gasteiger partial charge in [-0.05, 0) is 25.8 Å². The molecule has 0 aromatic carbocycles. The predicted octanol–water partition coefficient (Wildman–Crippen LogP) is 1.14. The molecular formula is C14H26N2O3. The third-order valence-electron chi connectivity index (χ3n) is 3.47. The second-order valence-electron chi connectivity index (χ2n) is 5.11. The summed E-state index contributed by atoms with van der Waals surface area (Å²) in [5.74, 6) is 0.801. The number of ether oxygens (including phenoxy) is 2. The molecule has 19 heavy (non-hydrogen) atoms. The first-order valence-electron chi connectivity index (χ1n) is 6.91. The Bertz CT molecular complexity index is 307. The van der Waals surface area contributed by atoms with E-state index in [1.54, 1.807) is 7.11 Å². The van der Waals surface area contributed by atoms with Gasteiger partial charge in [0.15, 0.2) is 0 Å². The van der Waals surface area contributed by atoms with Crippen LogP contribution in [0.3, 0.4) is 0 Å². The minimum atomic E-state index is -0.280. The van der Waals surface area contributed by atoms with Crippen molar-refractivity contribution in [1.29, 1.82) is 0 Å². The molecule has 1 aliphatic heterocycles. The van der Waals surface area contributed by atoms with Crippen LogP contribution >= 0.6 is 0 Å². The third kappa shape index (κ3) is 5.61. The number of rotatable bonds is 8. The van der Waals surface area contributed by atoms with Crippen LogP contribution in [0.15, 0.2) is 12.3 Å². The third-order valence-corrected chi connectivity index (χ3v) is 3.47. The monoisotopic (exact) mass is 270 g/mol. The average Bonchev–Trinajstić information content (AvgIpc) is 2.37. The van der Waals surface area contributed by atoms with Crippen LogP contribution in [0.4, 0.5) is 0 Å². The van der Waals surface area contributed by atoms with Crippen molar-refractivity contribution in [3.8, 4) is 0 Å². The van der Waals surface area contributed by atoms with Crippen molar-refractivity contribution in [2.24, 2.45) is 11.7 Å². The van der Waals surface area contributed by atoms with Gasteiger partial charge >= 0.3 is 0 Å². The molecule has 0 bridgehead atoms. The summed E-state index contributed by atoms with van der Waals surface area (Å²) in [7, 11) is 1.67. The first-order valence-corrected chi connectivity index (χ1v) is 6.91. The molecule has 0 radical (unpaired) electrons. The number of nitrogens with zero attached hydrogens (tertiary/aromatic N) is 1. The lowest BCUT2D eigenvalue weighted by Gasteiger charge is -2.33.